The maximum absolute atomic E-state index is 6.18. The van der Waals surface area contributed by atoms with Gasteiger partial charge in [-0.05, 0) is 31.9 Å². The summed E-state index contributed by atoms with van der Waals surface area (Å²) >= 11 is 12.1. The van der Waals surface area contributed by atoms with E-state index in [4.69, 9.17) is 28.9 Å². The van der Waals surface area contributed by atoms with E-state index in [9.17, 15) is 0 Å². The Hall–Kier alpha value is -0.350. The van der Waals surface area contributed by atoms with E-state index in [1.807, 2.05) is 0 Å². The van der Waals surface area contributed by atoms with Gasteiger partial charge in [0, 0.05) is 25.2 Å². The Balaban J connectivity index is 2.17. The van der Waals surface area contributed by atoms with Gasteiger partial charge in [-0.3, -0.25) is 4.90 Å². The summed E-state index contributed by atoms with van der Waals surface area (Å²) in [6.07, 6.45) is 3.60. The van der Waals surface area contributed by atoms with Gasteiger partial charge in [-0.15, -0.1) is 0 Å². The topological polar surface area (TPSA) is 42.1 Å². The Morgan fingerprint density at radius 2 is 2.17 bits per heavy atom. The molecular weight excluding hydrogens is 269 g/mol. The highest BCUT2D eigenvalue weighted by Gasteiger charge is 2.27. The SMILES string of the molecule is CC1CCCC(CN)N1Cc1nc(Cl)ccc1Cl. The van der Waals surface area contributed by atoms with E-state index in [0.29, 0.717) is 28.8 Å². The van der Waals surface area contributed by atoms with Crippen LogP contribution in [-0.2, 0) is 6.54 Å². The Bertz CT molecular complexity index is 411. The van der Waals surface area contributed by atoms with Gasteiger partial charge in [0.25, 0.3) is 0 Å². The molecule has 1 aromatic rings. The first-order valence-corrected chi connectivity index (χ1v) is 7.14. The third-order valence-corrected chi connectivity index (χ3v) is 4.24. The molecule has 0 aliphatic carbocycles. The number of aromatic nitrogens is 1. The van der Waals surface area contributed by atoms with Crippen LogP contribution in [0.1, 0.15) is 31.9 Å². The van der Waals surface area contributed by atoms with Crippen molar-refractivity contribution in [3.63, 3.8) is 0 Å². The van der Waals surface area contributed by atoms with Gasteiger partial charge in [-0.25, -0.2) is 4.98 Å². The Morgan fingerprint density at radius 1 is 1.39 bits per heavy atom. The van der Waals surface area contributed by atoms with Crippen molar-refractivity contribution in [3.05, 3.63) is 28.0 Å². The molecule has 18 heavy (non-hydrogen) atoms. The summed E-state index contributed by atoms with van der Waals surface area (Å²) in [7, 11) is 0. The molecule has 2 heterocycles. The van der Waals surface area contributed by atoms with E-state index in [-0.39, 0.29) is 0 Å². The lowest BCUT2D eigenvalue weighted by Gasteiger charge is -2.40. The van der Waals surface area contributed by atoms with Crippen LogP contribution in [0, 0.1) is 0 Å². The third kappa shape index (κ3) is 3.15. The van der Waals surface area contributed by atoms with Gasteiger partial charge in [0.05, 0.1) is 10.7 Å². The smallest absolute Gasteiger partial charge is 0.129 e. The molecule has 2 unspecified atom stereocenters. The van der Waals surface area contributed by atoms with E-state index in [2.05, 4.69) is 16.8 Å². The summed E-state index contributed by atoms with van der Waals surface area (Å²) in [6, 6.07) is 4.46. The van der Waals surface area contributed by atoms with Crippen LogP contribution in [0.3, 0.4) is 0 Å². The maximum atomic E-state index is 6.18. The Morgan fingerprint density at radius 3 is 2.89 bits per heavy atom. The molecule has 2 rings (SSSR count). The fourth-order valence-corrected chi connectivity index (χ4v) is 2.95. The molecule has 0 saturated carbocycles. The molecule has 0 amide bonds. The number of halogens is 2. The number of hydrogen-bond donors (Lipinski definition) is 1. The number of nitrogens with zero attached hydrogens (tertiary/aromatic N) is 2. The average Bonchev–Trinajstić information content (AvgIpc) is 2.36. The molecule has 100 valence electrons. The highest BCUT2D eigenvalue weighted by molar-refractivity contribution is 6.32. The van der Waals surface area contributed by atoms with Gasteiger partial charge in [-0.2, -0.15) is 0 Å². The van der Waals surface area contributed by atoms with Crippen LogP contribution >= 0.6 is 23.2 Å². The molecule has 0 bridgehead atoms. The van der Waals surface area contributed by atoms with Gasteiger partial charge in [-0.1, -0.05) is 29.6 Å². The third-order valence-electron chi connectivity index (χ3n) is 3.68. The summed E-state index contributed by atoms with van der Waals surface area (Å²) in [6.45, 7) is 3.64. The molecule has 0 aromatic carbocycles. The van der Waals surface area contributed by atoms with Gasteiger partial charge < -0.3 is 5.73 Å². The molecule has 1 fully saturated rings. The van der Waals surface area contributed by atoms with Crippen molar-refractivity contribution in [2.45, 2.75) is 44.8 Å². The van der Waals surface area contributed by atoms with E-state index in [1.54, 1.807) is 12.1 Å². The van der Waals surface area contributed by atoms with Crippen LogP contribution in [0.2, 0.25) is 10.2 Å². The number of piperidine rings is 1. The van der Waals surface area contributed by atoms with Crippen LogP contribution in [0.25, 0.3) is 0 Å². The largest absolute Gasteiger partial charge is 0.329 e. The van der Waals surface area contributed by atoms with Gasteiger partial charge >= 0.3 is 0 Å². The van der Waals surface area contributed by atoms with Gasteiger partial charge in [0.2, 0.25) is 0 Å². The summed E-state index contributed by atoms with van der Waals surface area (Å²) < 4.78 is 0. The predicted octanol–water partition coefficient (Wildman–Crippen LogP) is 3.09. The molecule has 1 aromatic heterocycles. The second kappa shape index (κ2) is 6.20. The highest BCUT2D eigenvalue weighted by Crippen LogP contribution is 2.26. The standard InChI is InChI=1S/C13H19Cl2N3/c1-9-3-2-4-10(7-16)18(9)8-12-11(14)5-6-13(15)17-12/h5-6,9-10H,2-4,7-8,16H2,1H3. The molecule has 5 heteroatoms. The zero-order chi connectivity index (χ0) is 13.1. The lowest BCUT2D eigenvalue weighted by molar-refractivity contribution is 0.0879. The van der Waals surface area contributed by atoms with Crippen molar-refractivity contribution in [1.82, 2.24) is 9.88 Å². The first-order chi connectivity index (χ1) is 8.61. The minimum absolute atomic E-state index is 0.422. The molecule has 2 N–H and O–H groups in total. The van der Waals surface area contributed by atoms with E-state index in [1.165, 1.54) is 12.8 Å². The second-order valence-corrected chi connectivity index (χ2v) is 5.70. The second-order valence-electron chi connectivity index (χ2n) is 4.90. The van der Waals surface area contributed by atoms with Gasteiger partial charge in [0.1, 0.15) is 5.15 Å². The molecular formula is C13H19Cl2N3. The molecule has 3 nitrogen and oxygen atoms in total. The first-order valence-electron chi connectivity index (χ1n) is 6.38. The van der Waals surface area contributed by atoms with Crippen molar-refractivity contribution in [2.75, 3.05) is 6.54 Å². The summed E-state index contributed by atoms with van der Waals surface area (Å²) in [5.74, 6) is 0. The number of hydrogen-bond acceptors (Lipinski definition) is 3. The van der Waals surface area contributed by atoms with Crippen molar-refractivity contribution >= 4 is 23.2 Å². The number of likely N-dealkylation sites (tertiary alicyclic amines) is 1. The molecule has 0 radical (unpaired) electrons. The van der Waals surface area contributed by atoms with Crippen molar-refractivity contribution in [1.29, 1.82) is 0 Å². The zero-order valence-electron chi connectivity index (χ0n) is 10.6. The van der Waals surface area contributed by atoms with Crippen LogP contribution in [0.5, 0.6) is 0 Å². The minimum atomic E-state index is 0.422. The summed E-state index contributed by atoms with van der Waals surface area (Å²) in [5, 5.41) is 1.16. The van der Waals surface area contributed by atoms with Crippen LogP contribution in [-0.4, -0.2) is 28.5 Å². The highest BCUT2D eigenvalue weighted by atomic mass is 35.5. The number of nitrogens with two attached hydrogens (primary N) is 1. The first kappa shape index (κ1) is 14.1. The quantitative estimate of drug-likeness (QED) is 0.869. The van der Waals surface area contributed by atoms with Crippen LogP contribution < -0.4 is 5.73 Å². The van der Waals surface area contributed by atoms with E-state index in [0.717, 1.165) is 18.7 Å². The van der Waals surface area contributed by atoms with Crippen LogP contribution in [0.15, 0.2) is 12.1 Å². The fourth-order valence-electron chi connectivity index (χ4n) is 2.62. The number of rotatable bonds is 3. The van der Waals surface area contributed by atoms with E-state index >= 15 is 0 Å². The zero-order valence-corrected chi connectivity index (χ0v) is 12.1. The predicted molar refractivity (Wildman–Crippen MR) is 76.0 cm³/mol. The van der Waals surface area contributed by atoms with Crippen molar-refractivity contribution in [3.8, 4) is 0 Å². The summed E-state index contributed by atoms with van der Waals surface area (Å²) in [4.78, 5) is 6.72. The molecule has 2 atom stereocenters. The Labute approximate surface area is 118 Å². The van der Waals surface area contributed by atoms with Crippen molar-refractivity contribution < 1.29 is 0 Å². The summed E-state index contributed by atoms with van der Waals surface area (Å²) in [5.41, 5.74) is 6.70. The van der Waals surface area contributed by atoms with E-state index < -0.39 is 0 Å². The number of pyridine rings is 1. The minimum Gasteiger partial charge on any atom is -0.329 e. The molecule has 1 aliphatic rings. The lowest BCUT2D eigenvalue weighted by Crippen LogP contribution is -2.48. The van der Waals surface area contributed by atoms with Gasteiger partial charge in [0.15, 0.2) is 0 Å². The fraction of sp³-hybridized carbons (Fsp3) is 0.615. The lowest BCUT2D eigenvalue weighted by atomic mass is 9.96. The monoisotopic (exact) mass is 287 g/mol. The maximum Gasteiger partial charge on any atom is 0.129 e. The molecule has 0 spiro atoms. The average molecular weight is 288 g/mol. The van der Waals surface area contributed by atoms with Crippen molar-refractivity contribution in [2.24, 2.45) is 5.73 Å². The molecule has 1 aliphatic heterocycles. The Kier molecular flexibility index (Phi) is 4.84. The normalized spacial score (nSPS) is 25.3. The molecule has 1 saturated heterocycles. The van der Waals surface area contributed by atoms with Crippen LogP contribution in [0.4, 0.5) is 0 Å².